The van der Waals surface area contributed by atoms with Gasteiger partial charge < -0.3 is 9.88 Å². The number of aromatic nitrogens is 4. The highest BCUT2D eigenvalue weighted by molar-refractivity contribution is 5.94. The zero-order valence-corrected chi connectivity index (χ0v) is 15.7. The van der Waals surface area contributed by atoms with Crippen molar-refractivity contribution in [3.8, 4) is 0 Å². The van der Waals surface area contributed by atoms with Crippen molar-refractivity contribution >= 4 is 5.91 Å². The fourth-order valence-corrected chi connectivity index (χ4v) is 3.43. The van der Waals surface area contributed by atoms with Crippen molar-refractivity contribution in [2.24, 2.45) is 0 Å². The standard InChI is InChI=1S/C20H20F2N6O/c21-15-4-1-5-16(22)19(15)20(29)24-12-18-26-25-17-6-8-27(9-10-28(17)18)13-14-3-2-7-23-11-14/h1-5,7,11H,6,8-10,12-13H2,(H,24,29). The number of carbonyl (C=O) groups is 1. The predicted molar refractivity (Wildman–Crippen MR) is 101 cm³/mol. The van der Waals surface area contributed by atoms with Gasteiger partial charge in [0.1, 0.15) is 23.0 Å². The van der Waals surface area contributed by atoms with Crippen LogP contribution < -0.4 is 5.32 Å². The van der Waals surface area contributed by atoms with Gasteiger partial charge in [0.05, 0.1) is 6.54 Å². The Hall–Kier alpha value is -3.20. The number of nitrogens with one attached hydrogen (secondary N) is 1. The quantitative estimate of drug-likeness (QED) is 0.711. The van der Waals surface area contributed by atoms with E-state index in [0.29, 0.717) is 12.4 Å². The van der Waals surface area contributed by atoms with Crippen LogP contribution in [0.25, 0.3) is 0 Å². The number of nitrogens with zero attached hydrogens (tertiary/aromatic N) is 5. The molecule has 2 aromatic heterocycles. The maximum Gasteiger partial charge on any atom is 0.257 e. The van der Waals surface area contributed by atoms with Crippen molar-refractivity contribution in [1.29, 1.82) is 0 Å². The van der Waals surface area contributed by atoms with Crippen LogP contribution in [-0.2, 0) is 26.1 Å². The van der Waals surface area contributed by atoms with Gasteiger partial charge in [0.15, 0.2) is 5.82 Å². The molecule has 1 aromatic carbocycles. The summed E-state index contributed by atoms with van der Waals surface area (Å²) in [5.41, 5.74) is 0.551. The smallest absolute Gasteiger partial charge is 0.257 e. The molecule has 0 radical (unpaired) electrons. The maximum absolute atomic E-state index is 13.8. The monoisotopic (exact) mass is 398 g/mol. The fraction of sp³-hybridized carbons (Fsp3) is 0.300. The first-order valence-corrected chi connectivity index (χ1v) is 9.36. The summed E-state index contributed by atoms with van der Waals surface area (Å²) in [6.07, 6.45) is 4.33. The number of pyridine rings is 1. The first kappa shape index (κ1) is 19.1. The summed E-state index contributed by atoms with van der Waals surface area (Å²) < 4.78 is 29.5. The second-order valence-electron chi connectivity index (χ2n) is 6.85. The Morgan fingerprint density at radius 1 is 1.07 bits per heavy atom. The van der Waals surface area contributed by atoms with Crippen LogP contribution in [0.4, 0.5) is 8.78 Å². The van der Waals surface area contributed by atoms with Gasteiger partial charge >= 0.3 is 0 Å². The van der Waals surface area contributed by atoms with Crippen LogP contribution >= 0.6 is 0 Å². The van der Waals surface area contributed by atoms with E-state index in [4.69, 9.17) is 0 Å². The molecule has 0 fully saturated rings. The molecule has 150 valence electrons. The Kier molecular flexibility index (Phi) is 5.57. The molecule has 0 bridgehead atoms. The molecule has 29 heavy (non-hydrogen) atoms. The van der Waals surface area contributed by atoms with E-state index in [1.54, 1.807) is 6.20 Å². The highest BCUT2D eigenvalue weighted by Gasteiger charge is 2.21. The first-order chi connectivity index (χ1) is 14.1. The summed E-state index contributed by atoms with van der Waals surface area (Å²) in [7, 11) is 0. The zero-order chi connectivity index (χ0) is 20.2. The van der Waals surface area contributed by atoms with Crippen molar-refractivity contribution in [3.63, 3.8) is 0 Å². The summed E-state index contributed by atoms with van der Waals surface area (Å²) in [5.74, 6) is -1.21. The number of benzene rings is 1. The van der Waals surface area contributed by atoms with Crippen LogP contribution in [0.1, 0.15) is 27.6 Å². The minimum Gasteiger partial charge on any atom is -0.345 e. The van der Waals surface area contributed by atoms with E-state index < -0.39 is 23.1 Å². The number of halogens is 2. The van der Waals surface area contributed by atoms with E-state index in [9.17, 15) is 13.6 Å². The van der Waals surface area contributed by atoms with E-state index in [-0.39, 0.29) is 6.54 Å². The molecule has 1 N–H and O–H groups in total. The average Bonchev–Trinajstić information content (AvgIpc) is 3.00. The SMILES string of the molecule is O=C(NCc1nnc2n1CCN(Cc1cccnc1)CC2)c1c(F)cccc1F. The lowest BCUT2D eigenvalue weighted by Gasteiger charge is -2.19. The molecule has 9 heteroatoms. The molecule has 0 saturated carbocycles. The molecule has 0 spiro atoms. The number of hydrogen-bond donors (Lipinski definition) is 1. The number of fused-ring (bicyclic) bond motifs is 1. The second kappa shape index (κ2) is 8.44. The Balaban J connectivity index is 1.40. The Morgan fingerprint density at radius 3 is 2.66 bits per heavy atom. The van der Waals surface area contributed by atoms with Gasteiger partial charge in [0, 0.05) is 45.0 Å². The molecule has 7 nitrogen and oxygen atoms in total. The molecule has 3 aromatic rings. The average molecular weight is 398 g/mol. The third-order valence-electron chi connectivity index (χ3n) is 4.92. The van der Waals surface area contributed by atoms with Crippen molar-refractivity contribution in [3.05, 3.63) is 77.1 Å². The lowest BCUT2D eigenvalue weighted by atomic mass is 10.2. The maximum atomic E-state index is 13.8. The highest BCUT2D eigenvalue weighted by Crippen LogP contribution is 2.14. The molecule has 3 heterocycles. The normalized spacial score (nSPS) is 14.3. The molecule has 1 aliphatic heterocycles. The van der Waals surface area contributed by atoms with Crippen molar-refractivity contribution in [2.45, 2.75) is 26.1 Å². The van der Waals surface area contributed by atoms with Gasteiger partial charge in [-0.1, -0.05) is 12.1 Å². The third-order valence-corrected chi connectivity index (χ3v) is 4.92. The topological polar surface area (TPSA) is 75.9 Å². The molecule has 0 atom stereocenters. The summed E-state index contributed by atoms with van der Waals surface area (Å²) in [4.78, 5) is 18.7. The molecule has 0 aliphatic carbocycles. The summed E-state index contributed by atoms with van der Waals surface area (Å²) in [5, 5.41) is 10.9. The summed E-state index contributed by atoms with van der Waals surface area (Å²) in [6, 6.07) is 7.29. The van der Waals surface area contributed by atoms with Gasteiger partial charge in [-0.05, 0) is 23.8 Å². The molecule has 4 rings (SSSR count). The van der Waals surface area contributed by atoms with Crippen LogP contribution in [-0.4, -0.2) is 43.6 Å². The summed E-state index contributed by atoms with van der Waals surface area (Å²) in [6.45, 7) is 3.14. The Bertz CT molecular complexity index is 987. The van der Waals surface area contributed by atoms with E-state index in [1.165, 1.54) is 6.07 Å². The van der Waals surface area contributed by atoms with E-state index in [2.05, 4.69) is 25.4 Å². The predicted octanol–water partition coefficient (Wildman–Crippen LogP) is 1.94. The summed E-state index contributed by atoms with van der Waals surface area (Å²) >= 11 is 0. The molecular weight excluding hydrogens is 378 g/mol. The van der Waals surface area contributed by atoms with Gasteiger partial charge in [-0.15, -0.1) is 10.2 Å². The minimum atomic E-state index is -0.895. The molecule has 0 saturated heterocycles. The fourth-order valence-electron chi connectivity index (χ4n) is 3.43. The van der Waals surface area contributed by atoms with Crippen molar-refractivity contribution in [1.82, 2.24) is 30.0 Å². The van der Waals surface area contributed by atoms with E-state index in [0.717, 1.165) is 49.6 Å². The largest absolute Gasteiger partial charge is 0.345 e. The van der Waals surface area contributed by atoms with Crippen LogP contribution in [0.3, 0.4) is 0 Å². The van der Waals surface area contributed by atoms with Crippen LogP contribution in [0.15, 0.2) is 42.7 Å². The van der Waals surface area contributed by atoms with Crippen LogP contribution in [0, 0.1) is 11.6 Å². The van der Waals surface area contributed by atoms with Gasteiger partial charge in [-0.3, -0.25) is 14.7 Å². The third kappa shape index (κ3) is 4.29. The number of carbonyl (C=O) groups excluding carboxylic acids is 1. The van der Waals surface area contributed by atoms with Gasteiger partial charge in [-0.25, -0.2) is 8.78 Å². The van der Waals surface area contributed by atoms with Crippen molar-refractivity contribution < 1.29 is 13.6 Å². The van der Waals surface area contributed by atoms with Gasteiger partial charge in [-0.2, -0.15) is 0 Å². The van der Waals surface area contributed by atoms with E-state index >= 15 is 0 Å². The second-order valence-corrected chi connectivity index (χ2v) is 6.85. The lowest BCUT2D eigenvalue weighted by molar-refractivity contribution is 0.0941. The lowest BCUT2D eigenvalue weighted by Crippen LogP contribution is -2.28. The molecular formula is C20H20F2N6O. The Morgan fingerprint density at radius 2 is 1.90 bits per heavy atom. The number of amides is 1. The van der Waals surface area contributed by atoms with E-state index in [1.807, 2.05) is 22.9 Å². The number of hydrogen-bond acceptors (Lipinski definition) is 5. The van der Waals surface area contributed by atoms with Crippen LogP contribution in [0.5, 0.6) is 0 Å². The zero-order valence-electron chi connectivity index (χ0n) is 15.7. The van der Waals surface area contributed by atoms with Crippen molar-refractivity contribution in [2.75, 3.05) is 13.1 Å². The Labute approximate surface area is 166 Å². The first-order valence-electron chi connectivity index (χ1n) is 9.36. The van der Waals surface area contributed by atoms with Crippen LogP contribution in [0.2, 0.25) is 0 Å². The minimum absolute atomic E-state index is 0.0439. The number of rotatable bonds is 5. The highest BCUT2D eigenvalue weighted by atomic mass is 19.1. The van der Waals surface area contributed by atoms with Gasteiger partial charge in [0.25, 0.3) is 5.91 Å². The van der Waals surface area contributed by atoms with Gasteiger partial charge in [0.2, 0.25) is 0 Å². The molecule has 0 unspecified atom stereocenters. The molecule has 1 amide bonds. The molecule has 1 aliphatic rings.